The number of rotatable bonds is 5. The lowest BCUT2D eigenvalue weighted by molar-refractivity contribution is 0.398. The van der Waals surface area contributed by atoms with Gasteiger partial charge in [-0.25, -0.2) is 13.4 Å². The molecule has 0 aliphatic rings. The first-order chi connectivity index (χ1) is 9.96. The molecule has 1 aromatic carbocycles. The Kier molecular flexibility index (Phi) is 4.18. The van der Waals surface area contributed by atoms with Crippen LogP contribution in [0.3, 0.4) is 0 Å². The fourth-order valence-corrected chi connectivity index (χ4v) is 2.83. The Morgan fingerprint density at radius 2 is 1.90 bits per heavy atom. The third kappa shape index (κ3) is 3.34. The van der Waals surface area contributed by atoms with Crippen molar-refractivity contribution in [1.82, 2.24) is 4.98 Å². The smallest absolute Gasteiger partial charge is 0.263 e. The van der Waals surface area contributed by atoms with Crippen molar-refractivity contribution in [2.45, 2.75) is 4.90 Å². The van der Waals surface area contributed by atoms with Crippen LogP contribution in [0.1, 0.15) is 0 Å². The molecule has 0 fully saturated rings. The first-order valence-corrected chi connectivity index (χ1v) is 7.41. The Morgan fingerprint density at radius 1 is 1.14 bits per heavy atom. The molecule has 1 aromatic heterocycles. The molecule has 112 valence electrons. The van der Waals surface area contributed by atoms with Crippen LogP contribution in [0.25, 0.3) is 0 Å². The first kappa shape index (κ1) is 14.9. The maximum Gasteiger partial charge on any atom is 0.263 e. The predicted molar refractivity (Wildman–Crippen MR) is 79.0 cm³/mol. The van der Waals surface area contributed by atoms with Crippen molar-refractivity contribution in [3.05, 3.63) is 36.5 Å². The molecule has 7 nitrogen and oxygen atoms in total. The van der Waals surface area contributed by atoms with Crippen molar-refractivity contribution in [1.29, 1.82) is 0 Å². The molecule has 0 saturated carbocycles. The minimum atomic E-state index is -3.80. The average Bonchev–Trinajstić information content (AvgIpc) is 2.47. The summed E-state index contributed by atoms with van der Waals surface area (Å²) in [5, 5.41) is 0. The monoisotopic (exact) mass is 309 g/mol. The van der Waals surface area contributed by atoms with Crippen LogP contribution in [0, 0.1) is 0 Å². The molecule has 2 rings (SSSR count). The van der Waals surface area contributed by atoms with Crippen LogP contribution in [-0.4, -0.2) is 27.6 Å². The molecule has 21 heavy (non-hydrogen) atoms. The molecule has 0 radical (unpaired) electrons. The van der Waals surface area contributed by atoms with Gasteiger partial charge in [0.2, 0.25) is 5.88 Å². The average molecular weight is 309 g/mol. The lowest BCUT2D eigenvalue weighted by atomic mass is 10.3. The quantitative estimate of drug-likeness (QED) is 0.811. The fourth-order valence-electron chi connectivity index (χ4n) is 1.67. The van der Waals surface area contributed by atoms with E-state index < -0.39 is 10.0 Å². The van der Waals surface area contributed by atoms with E-state index in [1.165, 1.54) is 38.6 Å². The van der Waals surface area contributed by atoms with Gasteiger partial charge in [0.25, 0.3) is 10.0 Å². The van der Waals surface area contributed by atoms with Crippen LogP contribution in [0.2, 0.25) is 0 Å². The summed E-state index contributed by atoms with van der Waals surface area (Å²) in [5.41, 5.74) is 6.16. The highest BCUT2D eigenvalue weighted by atomic mass is 32.2. The molecule has 0 unspecified atom stereocenters. The van der Waals surface area contributed by atoms with Crippen molar-refractivity contribution >= 4 is 21.4 Å². The highest BCUT2D eigenvalue weighted by Crippen LogP contribution is 2.25. The van der Waals surface area contributed by atoms with Gasteiger partial charge in [-0.15, -0.1) is 0 Å². The summed E-state index contributed by atoms with van der Waals surface area (Å²) in [6.07, 6.45) is 1.36. The van der Waals surface area contributed by atoms with Crippen LogP contribution in [0.15, 0.2) is 41.4 Å². The highest BCUT2D eigenvalue weighted by Gasteiger charge is 2.18. The number of sulfonamides is 1. The maximum atomic E-state index is 12.3. The summed E-state index contributed by atoms with van der Waals surface area (Å²) in [6, 6.07) is 7.45. The standard InChI is InChI=1S/C13H15N3O4S/c1-19-10-4-5-12(11(14)7-10)21(17,18)16-9-3-6-13(20-2)15-8-9/h3-8,16H,14H2,1-2H3. The van der Waals surface area contributed by atoms with Gasteiger partial charge in [-0.05, 0) is 18.2 Å². The summed E-state index contributed by atoms with van der Waals surface area (Å²) >= 11 is 0. The number of hydrogen-bond acceptors (Lipinski definition) is 6. The van der Waals surface area contributed by atoms with Crippen molar-refractivity contribution < 1.29 is 17.9 Å². The van der Waals surface area contributed by atoms with E-state index in [-0.39, 0.29) is 10.6 Å². The normalized spacial score (nSPS) is 11.0. The molecule has 3 N–H and O–H groups in total. The Balaban J connectivity index is 2.29. The van der Waals surface area contributed by atoms with Crippen molar-refractivity contribution in [3.63, 3.8) is 0 Å². The van der Waals surface area contributed by atoms with Gasteiger partial charge < -0.3 is 15.2 Å². The number of aromatic nitrogens is 1. The molecule has 2 aromatic rings. The SMILES string of the molecule is COc1ccc(S(=O)(=O)Nc2ccc(OC)nc2)c(N)c1. The molecule has 1 heterocycles. The van der Waals surface area contributed by atoms with Crippen LogP contribution < -0.4 is 19.9 Å². The number of benzene rings is 1. The van der Waals surface area contributed by atoms with E-state index in [4.69, 9.17) is 15.2 Å². The van der Waals surface area contributed by atoms with Crippen LogP contribution in [0.4, 0.5) is 11.4 Å². The minimum absolute atomic E-state index is 0.0286. The zero-order valence-corrected chi connectivity index (χ0v) is 12.3. The van der Waals surface area contributed by atoms with Crippen LogP contribution in [0.5, 0.6) is 11.6 Å². The summed E-state index contributed by atoms with van der Waals surface area (Å²) in [4.78, 5) is 3.90. The second-order valence-corrected chi connectivity index (χ2v) is 5.75. The molecule has 0 saturated heterocycles. The third-order valence-corrected chi connectivity index (χ3v) is 4.16. The van der Waals surface area contributed by atoms with Gasteiger partial charge in [-0.1, -0.05) is 0 Å². The largest absolute Gasteiger partial charge is 0.497 e. The van der Waals surface area contributed by atoms with Crippen molar-refractivity contribution in [2.75, 3.05) is 24.7 Å². The molecule has 0 aliphatic heterocycles. The summed E-state index contributed by atoms with van der Waals surface area (Å²) in [6.45, 7) is 0. The number of nitrogens with zero attached hydrogens (tertiary/aromatic N) is 1. The number of nitrogens with two attached hydrogens (primary N) is 1. The van der Waals surface area contributed by atoms with Gasteiger partial charge in [0.1, 0.15) is 10.6 Å². The third-order valence-electron chi connectivity index (χ3n) is 2.70. The van der Waals surface area contributed by atoms with E-state index in [0.29, 0.717) is 17.3 Å². The lowest BCUT2D eigenvalue weighted by Gasteiger charge is -2.11. The van der Waals surface area contributed by atoms with Crippen LogP contribution in [-0.2, 0) is 10.0 Å². The number of ether oxygens (including phenoxy) is 2. The van der Waals surface area contributed by atoms with Crippen molar-refractivity contribution in [3.8, 4) is 11.6 Å². The molecule has 0 spiro atoms. The highest BCUT2D eigenvalue weighted by molar-refractivity contribution is 7.92. The number of nitrogens with one attached hydrogen (secondary N) is 1. The van der Waals surface area contributed by atoms with Gasteiger partial charge >= 0.3 is 0 Å². The topological polar surface area (TPSA) is 104 Å². The van der Waals surface area contributed by atoms with Crippen molar-refractivity contribution in [2.24, 2.45) is 0 Å². The zero-order valence-electron chi connectivity index (χ0n) is 11.5. The number of hydrogen-bond donors (Lipinski definition) is 2. The number of nitrogen functional groups attached to an aromatic ring is 1. The zero-order chi connectivity index (χ0) is 15.5. The lowest BCUT2D eigenvalue weighted by Crippen LogP contribution is -2.15. The van der Waals surface area contributed by atoms with Gasteiger partial charge in [-0.2, -0.15) is 0 Å². The maximum absolute atomic E-state index is 12.3. The predicted octanol–water partition coefficient (Wildman–Crippen LogP) is 1.48. The molecule has 0 bridgehead atoms. The summed E-state index contributed by atoms with van der Waals surface area (Å²) in [5.74, 6) is 0.875. The second-order valence-electron chi connectivity index (χ2n) is 4.10. The van der Waals surface area contributed by atoms with Gasteiger partial charge in [0.15, 0.2) is 0 Å². The molecule has 8 heteroatoms. The van der Waals surface area contributed by atoms with E-state index in [1.54, 1.807) is 12.1 Å². The Labute approximate surface area is 122 Å². The first-order valence-electron chi connectivity index (χ1n) is 5.92. The van der Waals surface area contributed by atoms with Gasteiger partial charge in [0.05, 0.1) is 31.8 Å². The van der Waals surface area contributed by atoms with Gasteiger partial charge in [-0.3, -0.25) is 4.72 Å². The molecule has 0 atom stereocenters. The number of anilines is 2. The molecular formula is C13H15N3O4S. The van der Waals surface area contributed by atoms with E-state index in [9.17, 15) is 8.42 Å². The number of pyridine rings is 1. The van der Waals surface area contributed by atoms with E-state index in [1.807, 2.05) is 0 Å². The Bertz CT molecular complexity index is 730. The number of methoxy groups -OCH3 is 2. The summed E-state index contributed by atoms with van der Waals surface area (Å²) in [7, 11) is -0.847. The van der Waals surface area contributed by atoms with Gasteiger partial charge in [0, 0.05) is 12.1 Å². The molecular weight excluding hydrogens is 294 g/mol. The molecule has 0 aliphatic carbocycles. The van der Waals surface area contributed by atoms with E-state index in [2.05, 4.69) is 9.71 Å². The van der Waals surface area contributed by atoms with E-state index in [0.717, 1.165) is 0 Å². The Morgan fingerprint density at radius 3 is 2.43 bits per heavy atom. The molecule has 0 amide bonds. The minimum Gasteiger partial charge on any atom is -0.497 e. The van der Waals surface area contributed by atoms with Crippen LogP contribution >= 0.6 is 0 Å². The second kappa shape index (κ2) is 5.88. The fraction of sp³-hybridized carbons (Fsp3) is 0.154. The Hall–Kier alpha value is -2.48. The summed E-state index contributed by atoms with van der Waals surface area (Å²) < 4.78 is 36.9. The van der Waals surface area contributed by atoms with E-state index >= 15 is 0 Å².